The molecule has 0 amide bonds. The molecule has 9 aromatic rings. The second kappa shape index (κ2) is 13.7. The predicted octanol–water partition coefficient (Wildman–Crippen LogP) is 14.4. The predicted molar refractivity (Wildman–Crippen MR) is 250 cm³/mol. The van der Waals surface area contributed by atoms with Gasteiger partial charge in [-0.05, 0) is 113 Å². The lowest BCUT2D eigenvalue weighted by molar-refractivity contribution is 0.483. The van der Waals surface area contributed by atoms with Gasteiger partial charge in [0.2, 0.25) is 0 Å². The summed E-state index contributed by atoms with van der Waals surface area (Å²) in [6, 6.07) is 63.9. The van der Waals surface area contributed by atoms with E-state index in [4.69, 9.17) is 9.72 Å². The van der Waals surface area contributed by atoms with Crippen LogP contribution in [0.3, 0.4) is 0 Å². The molecule has 0 N–H and O–H groups in total. The fourth-order valence-electron chi connectivity index (χ4n) is 10.9. The second-order valence-electron chi connectivity index (χ2n) is 17.6. The van der Waals surface area contributed by atoms with E-state index in [0.29, 0.717) is 6.67 Å². The zero-order valence-electron chi connectivity index (χ0n) is 34.6. The smallest absolute Gasteiger partial charge is 0.137 e. The summed E-state index contributed by atoms with van der Waals surface area (Å²) in [4.78, 5) is 9.87. The SMILES string of the molecule is CC1(C)c2ccccc2-c2ccc(N3CN(c4cccc(Oc5ccc6c7ccccc7n(-c7cc(C8(c9ccccc9)CCCC8)ccn7)c6c5)c4)c4ccccc43)cc21. The molecule has 1 aliphatic heterocycles. The van der Waals surface area contributed by atoms with Gasteiger partial charge in [0.15, 0.2) is 0 Å². The number of hydrogen-bond acceptors (Lipinski definition) is 4. The summed E-state index contributed by atoms with van der Waals surface area (Å²) in [5.74, 6) is 2.50. The summed E-state index contributed by atoms with van der Waals surface area (Å²) in [5.41, 5.74) is 15.0. The maximum atomic E-state index is 6.78. The molecular weight excluding hydrogens is 745 g/mol. The Kier molecular flexibility index (Phi) is 8.05. The number of rotatable bonds is 7. The molecule has 0 bridgehead atoms. The van der Waals surface area contributed by atoms with Crippen LogP contribution in [-0.2, 0) is 10.8 Å². The summed E-state index contributed by atoms with van der Waals surface area (Å²) < 4.78 is 9.10. The maximum Gasteiger partial charge on any atom is 0.137 e. The van der Waals surface area contributed by atoms with E-state index in [0.717, 1.165) is 46.9 Å². The quantitative estimate of drug-likeness (QED) is 0.161. The Balaban J connectivity index is 0.883. The first-order chi connectivity index (χ1) is 30.0. The van der Waals surface area contributed by atoms with E-state index >= 15 is 0 Å². The van der Waals surface area contributed by atoms with Gasteiger partial charge in [0.25, 0.3) is 0 Å². The lowest BCUT2D eigenvalue weighted by Crippen LogP contribution is -2.24. The highest BCUT2D eigenvalue weighted by molar-refractivity contribution is 6.09. The maximum absolute atomic E-state index is 6.78. The molecule has 2 aromatic heterocycles. The van der Waals surface area contributed by atoms with E-state index in [9.17, 15) is 0 Å². The van der Waals surface area contributed by atoms with Gasteiger partial charge in [-0.3, -0.25) is 4.57 Å². The van der Waals surface area contributed by atoms with Gasteiger partial charge in [-0.1, -0.05) is 124 Å². The number of para-hydroxylation sites is 3. The highest BCUT2D eigenvalue weighted by Gasteiger charge is 2.38. The van der Waals surface area contributed by atoms with Gasteiger partial charge in [0, 0.05) is 51.3 Å². The van der Waals surface area contributed by atoms with Crippen molar-refractivity contribution in [1.29, 1.82) is 0 Å². The molecule has 0 atom stereocenters. The molecule has 1 fully saturated rings. The average Bonchev–Trinajstić information content (AvgIpc) is 4.09. The van der Waals surface area contributed by atoms with Crippen LogP contribution in [0.15, 0.2) is 182 Å². The molecule has 0 unspecified atom stereocenters. The Labute approximate surface area is 357 Å². The molecule has 3 heterocycles. The fourth-order valence-corrected chi connectivity index (χ4v) is 10.9. The van der Waals surface area contributed by atoms with Crippen LogP contribution >= 0.6 is 0 Å². The molecule has 7 aromatic carbocycles. The van der Waals surface area contributed by atoms with Crippen LogP contribution in [0.5, 0.6) is 11.5 Å². The molecule has 61 heavy (non-hydrogen) atoms. The van der Waals surface area contributed by atoms with Crippen LogP contribution in [0.25, 0.3) is 38.8 Å². The zero-order valence-corrected chi connectivity index (χ0v) is 34.6. The van der Waals surface area contributed by atoms with Crippen molar-refractivity contribution in [2.24, 2.45) is 0 Å². The third-order valence-electron chi connectivity index (χ3n) is 13.9. The number of aromatic nitrogens is 2. The lowest BCUT2D eigenvalue weighted by Gasteiger charge is -2.31. The summed E-state index contributed by atoms with van der Waals surface area (Å²) in [5, 5.41) is 2.38. The Morgan fingerprint density at radius 3 is 2.03 bits per heavy atom. The van der Waals surface area contributed by atoms with E-state index in [-0.39, 0.29) is 10.8 Å². The molecule has 5 heteroatoms. The first-order valence-electron chi connectivity index (χ1n) is 21.7. The van der Waals surface area contributed by atoms with Crippen molar-refractivity contribution in [3.63, 3.8) is 0 Å². The standard InChI is InChI=1S/C56H46N4O/c1-55(2)48-21-8-6-19-44(48)45-27-25-41(35-49(45)55)59-37-58(51-23-10-11-24-52(51)59)40-17-14-18-42(34-40)61-43-26-28-47-46-20-7-9-22-50(46)60(53(47)36-43)54-33-39(29-32-57-54)56(30-12-13-31-56)38-15-4-3-5-16-38/h3-11,14-29,32-36H,12-13,30-31,37H2,1-2H3. The van der Waals surface area contributed by atoms with E-state index in [2.05, 4.69) is 204 Å². The Morgan fingerprint density at radius 1 is 0.508 bits per heavy atom. The molecule has 0 saturated heterocycles. The highest BCUT2D eigenvalue weighted by atomic mass is 16.5. The molecule has 1 saturated carbocycles. The van der Waals surface area contributed by atoms with Gasteiger partial charge in [0.05, 0.1) is 22.4 Å². The molecule has 5 nitrogen and oxygen atoms in total. The van der Waals surface area contributed by atoms with E-state index in [1.165, 1.54) is 74.1 Å². The number of fused-ring (bicyclic) bond motifs is 7. The van der Waals surface area contributed by atoms with E-state index < -0.39 is 0 Å². The van der Waals surface area contributed by atoms with Crippen molar-refractivity contribution in [3.05, 3.63) is 204 Å². The number of benzene rings is 7. The van der Waals surface area contributed by atoms with Crippen molar-refractivity contribution >= 4 is 44.6 Å². The summed E-state index contributed by atoms with van der Waals surface area (Å²) in [7, 11) is 0. The third kappa shape index (κ3) is 5.56. The fraction of sp³-hybridized carbons (Fsp3) is 0.161. The zero-order chi connectivity index (χ0) is 40.7. The Morgan fingerprint density at radius 2 is 1.20 bits per heavy atom. The number of pyridine rings is 1. The minimum Gasteiger partial charge on any atom is -0.457 e. The summed E-state index contributed by atoms with van der Waals surface area (Å²) >= 11 is 0. The highest BCUT2D eigenvalue weighted by Crippen LogP contribution is 2.52. The van der Waals surface area contributed by atoms with Crippen molar-refractivity contribution in [1.82, 2.24) is 9.55 Å². The van der Waals surface area contributed by atoms with Crippen LogP contribution in [0.4, 0.5) is 22.7 Å². The Bertz CT molecular complexity index is 3160. The number of hydrogen-bond donors (Lipinski definition) is 0. The minimum atomic E-state index is -0.0644. The first-order valence-corrected chi connectivity index (χ1v) is 21.7. The van der Waals surface area contributed by atoms with Crippen molar-refractivity contribution in [2.75, 3.05) is 16.5 Å². The van der Waals surface area contributed by atoms with Gasteiger partial charge >= 0.3 is 0 Å². The van der Waals surface area contributed by atoms with Crippen molar-refractivity contribution in [3.8, 4) is 28.4 Å². The van der Waals surface area contributed by atoms with Gasteiger partial charge in [-0.25, -0.2) is 4.98 Å². The van der Waals surface area contributed by atoms with Crippen LogP contribution < -0.4 is 14.5 Å². The Hall–Kier alpha value is -7.11. The average molecular weight is 791 g/mol. The van der Waals surface area contributed by atoms with Gasteiger partial charge in [-0.15, -0.1) is 0 Å². The summed E-state index contributed by atoms with van der Waals surface area (Å²) in [6.07, 6.45) is 6.76. The largest absolute Gasteiger partial charge is 0.457 e. The molecular formula is C56H46N4O. The van der Waals surface area contributed by atoms with Crippen molar-refractivity contribution in [2.45, 2.75) is 50.4 Å². The first kappa shape index (κ1) is 35.8. The number of nitrogens with zero attached hydrogens (tertiary/aromatic N) is 4. The van der Waals surface area contributed by atoms with E-state index in [1.807, 2.05) is 6.20 Å². The van der Waals surface area contributed by atoms with Crippen LogP contribution in [0, 0.1) is 0 Å². The molecule has 0 spiro atoms. The van der Waals surface area contributed by atoms with Gasteiger partial charge in [0.1, 0.15) is 24.0 Å². The van der Waals surface area contributed by atoms with Crippen LogP contribution in [0.1, 0.15) is 61.8 Å². The number of ether oxygens (including phenoxy) is 1. The second-order valence-corrected chi connectivity index (χ2v) is 17.6. The van der Waals surface area contributed by atoms with Gasteiger partial charge in [-0.2, -0.15) is 0 Å². The lowest BCUT2D eigenvalue weighted by atomic mass is 9.73. The summed E-state index contributed by atoms with van der Waals surface area (Å²) in [6.45, 7) is 5.39. The number of anilines is 4. The minimum absolute atomic E-state index is 0.00544. The topological polar surface area (TPSA) is 33.5 Å². The van der Waals surface area contributed by atoms with Crippen molar-refractivity contribution < 1.29 is 4.74 Å². The molecule has 12 rings (SSSR count). The molecule has 3 aliphatic rings. The van der Waals surface area contributed by atoms with Crippen LogP contribution in [0.2, 0.25) is 0 Å². The monoisotopic (exact) mass is 790 g/mol. The van der Waals surface area contributed by atoms with Gasteiger partial charge < -0.3 is 14.5 Å². The molecule has 296 valence electrons. The normalized spacial score (nSPS) is 15.9. The third-order valence-corrected chi connectivity index (χ3v) is 13.9. The van der Waals surface area contributed by atoms with E-state index in [1.54, 1.807) is 0 Å². The van der Waals surface area contributed by atoms with Crippen LogP contribution in [-0.4, -0.2) is 16.2 Å². The molecule has 2 aliphatic carbocycles. The molecule has 0 radical (unpaired) electrons.